The zero-order chi connectivity index (χ0) is 27.7. The van der Waals surface area contributed by atoms with Gasteiger partial charge in [-0.2, -0.15) is 0 Å². The van der Waals surface area contributed by atoms with Crippen LogP contribution in [0, 0.1) is 6.92 Å². The van der Waals surface area contributed by atoms with Gasteiger partial charge in [-0.15, -0.1) is 0 Å². The van der Waals surface area contributed by atoms with Gasteiger partial charge in [-0.1, -0.05) is 55.6 Å². The van der Waals surface area contributed by atoms with Gasteiger partial charge in [0.1, 0.15) is 0 Å². The standard InChI is InChI=1S/C32H34N4O2S2/c1-4-32(5-2,29-12-9-21(3)20-33-29)35-22-10-11-26-28(17-22)39-27-8-6-7-24(31(27)40-26)25-18-23(19-30(37)34-25)36-13-15-38-16-14-36/h6-12,17-20,35H,4-5,13-16H2,1-3H3,(H,34,37). The van der Waals surface area contributed by atoms with Crippen molar-refractivity contribution in [3.8, 4) is 11.3 Å². The Morgan fingerprint density at radius 3 is 2.55 bits per heavy atom. The van der Waals surface area contributed by atoms with Crippen LogP contribution in [0.2, 0.25) is 0 Å². The highest BCUT2D eigenvalue weighted by atomic mass is 32.2. The number of rotatable bonds is 7. The number of benzene rings is 2. The maximum absolute atomic E-state index is 12.7. The van der Waals surface area contributed by atoms with Crippen molar-refractivity contribution in [2.24, 2.45) is 0 Å². The van der Waals surface area contributed by atoms with Crippen molar-refractivity contribution < 1.29 is 4.74 Å². The number of hydrogen-bond donors (Lipinski definition) is 2. The molecule has 1 fully saturated rings. The number of morpholine rings is 1. The topological polar surface area (TPSA) is 70.2 Å². The second kappa shape index (κ2) is 11.4. The number of ether oxygens (including phenoxy) is 1. The minimum atomic E-state index is -0.225. The fourth-order valence-electron chi connectivity index (χ4n) is 5.45. The van der Waals surface area contributed by atoms with Gasteiger partial charge in [0.2, 0.25) is 5.56 Å². The predicted octanol–water partition coefficient (Wildman–Crippen LogP) is 7.33. The Balaban J connectivity index is 1.30. The van der Waals surface area contributed by atoms with Crippen molar-refractivity contribution in [1.82, 2.24) is 9.97 Å². The lowest BCUT2D eigenvalue weighted by Gasteiger charge is -2.34. The van der Waals surface area contributed by atoms with E-state index in [1.54, 1.807) is 29.6 Å². The molecule has 4 aromatic rings. The highest BCUT2D eigenvalue weighted by Gasteiger charge is 2.30. The third-order valence-electron chi connectivity index (χ3n) is 7.84. The van der Waals surface area contributed by atoms with Crippen molar-refractivity contribution in [1.29, 1.82) is 0 Å². The van der Waals surface area contributed by atoms with Crippen LogP contribution in [-0.2, 0) is 10.3 Å². The molecule has 0 spiro atoms. The fourth-order valence-corrected chi connectivity index (χ4v) is 7.86. The maximum atomic E-state index is 12.7. The van der Waals surface area contributed by atoms with Crippen LogP contribution in [0.4, 0.5) is 11.4 Å². The second-order valence-corrected chi connectivity index (χ2v) is 12.5. The Morgan fingerprint density at radius 1 is 0.975 bits per heavy atom. The van der Waals surface area contributed by atoms with Crippen LogP contribution in [0.3, 0.4) is 0 Å². The van der Waals surface area contributed by atoms with E-state index in [1.807, 2.05) is 6.20 Å². The van der Waals surface area contributed by atoms with Gasteiger partial charge in [0.15, 0.2) is 0 Å². The summed E-state index contributed by atoms with van der Waals surface area (Å²) in [6.45, 7) is 9.46. The van der Waals surface area contributed by atoms with Crippen molar-refractivity contribution >= 4 is 34.9 Å². The lowest BCUT2D eigenvalue weighted by atomic mass is 9.88. The minimum absolute atomic E-state index is 0.0837. The van der Waals surface area contributed by atoms with Crippen LogP contribution in [0.5, 0.6) is 0 Å². The van der Waals surface area contributed by atoms with Crippen molar-refractivity contribution in [3.05, 3.63) is 88.5 Å². The Kier molecular flexibility index (Phi) is 7.66. The van der Waals surface area contributed by atoms with Crippen LogP contribution in [0.15, 0.2) is 91.2 Å². The molecule has 0 atom stereocenters. The molecule has 2 aliphatic heterocycles. The summed E-state index contributed by atoms with van der Waals surface area (Å²) in [5.74, 6) is 0. The molecule has 0 saturated carbocycles. The average Bonchev–Trinajstić information content (AvgIpc) is 2.99. The number of hydrogen-bond acceptors (Lipinski definition) is 7. The molecule has 8 heteroatoms. The Morgan fingerprint density at radius 2 is 1.80 bits per heavy atom. The molecule has 0 unspecified atom stereocenters. The van der Waals surface area contributed by atoms with Crippen molar-refractivity contribution in [3.63, 3.8) is 0 Å². The molecule has 2 aliphatic rings. The molecule has 206 valence electrons. The number of fused-ring (bicyclic) bond motifs is 2. The average molecular weight is 571 g/mol. The van der Waals surface area contributed by atoms with Gasteiger partial charge < -0.3 is 19.9 Å². The normalized spacial score (nSPS) is 14.9. The van der Waals surface area contributed by atoms with Gasteiger partial charge in [0.25, 0.3) is 0 Å². The molecule has 6 rings (SSSR count). The maximum Gasteiger partial charge on any atom is 0.250 e. The summed E-state index contributed by atoms with van der Waals surface area (Å²) in [5, 5.41) is 3.84. The molecule has 2 aromatic heterocycles. The van der Waals surface area contributed by atoms with Gasteiger partial charge in [-0.05, 0) is 61.7 Å². The third kappa shape index (κ3) is 5.28. The zero-order valence-electron chi connectivity index (χ0n) is 23.1. The summed E-state index contributed by atoms with van der Waals surface area (Å²) in [7, 11) is 0. The number of nitrogens with zero attached hydrogens (tertiary/aromatic N) is 2. The van der Waals surface area contributed by atoms with Crippen LogP contribution in [-0.4, -0.2) is 36.3 Å². The number of anilines is 2. The zero-order valence-corrected chi connectivity index (χ0v) is 24.8. The summed E-state index contributed by atoms with van der Waals surface area (Å²) in [4.78, 5) is 27.6. The molecule has 0 aliphatic carbocycles. The monoisotopic (exact) mass is 570 g/mol. The number of nitrogens with one attached hydrogen (secondary N) is 2. The molecule has 6 nitrogen and oxygen atoms in total. The number of aromatic nitrogens is 2. The lowest BCUT2D eigenvalue weighted by Crippen LogP contribution is -2.36. The van der Waals surface area contributed by atoms with Crippen molar-refractivity contribution in [2.75, 3.05) is 36.5 Å². The molecule has 4 heterocycles. The first-order valence-corrected chi connectivity index (χ1v) is 15.5. The van der Waals surface area contributed by atoms with E-state index in [2.05, 4.69) is 90.6 Å². The predicted molar refractivity (Wildman–Crippen MR) is 165 cm³/mol. The van der Waals surface area contributed by atoms with E-state index in [0.717, 1.165) is 54.3 Å². The minimum Gasteiger partial charge on any atom is -0.378 e. The smallest absolute Gasteiger partial charge is 0.250 e. The molecule has 0 radical (unpaired) electrons. The summed E-state index contributed by atoms with van der Waals surface area (Å²) in [6, 6.07) is 21.1. The SMILES string of the molecule is CCC(CC)(Nc1ccc2c(c1)Sc1cccc(-c3cc(N4CCOCC4)cc(=O)[nH]3)c1S2)c1ccc(C)cn1. The van der Waals surface area contributed by atoms with E-state index in [0.29, 0.717) is 13.2 Å². The molecule has 40 heavy (non-hydrogen) atoms. The van der Waals surface area contributed by atoms with Gasteiger partial charge >= 0.3 is 0 Å². The van der Waals surface area contributed by atoms with E-state index < -0.39 is 0 Å². The molecular formula is C32H34N4O2S2. The summed E-state index contributed by atoms with van der Waals surface area (Å²) < 4.78 is 5.51. The first-order valence-electron chi connectivity index (χ1n) is 13.9. The molecular weight excluding hydrogens is 537 g/mol. The highest BCUT2D eigenvalue weighted by molar-refractivity contribution is 8.05. The van der Waals surface area contributed by atoms with Crippen LogP contribution < -0.4 is 15.8 Å². The number of aryl methyl sites for hydroxylation is 1. The van der Waals surface area contributed by atoms with Gasteiger partial charge in [-0.25, -0.2) is 0 Å². The fraction of sp³-hybridized carbons (Fsp3) is 0.312. The van der Waals surface area contributed by atoms with Crippen molar-refractivity contribution in [2.45, 2.75) is 58.7 Å². The van der Waals surface area contributed by atoms with Crippen LogP contribution in [0.25, 0.3) is 11.3 Å². The Labute approximate surface area is 244 Å². The van der Waals surface area contributed by atoms with E-state index in [-0.39, 0.29) is 11.1 Å². The van der Waals surface area contributed by atoms with Crippen LogP contribution in [0.1, 0.15) is 37.9 Å². The van der Waals surface area contributed by atoms with E-state index in [9.17, 15) is 4.79 Å². The van der Waals surface area contributed by atoms with Gasteiger partial charge in [0.05, 0.1) is 30.1 Å². The van der Waals surface area contributed by atoms with E-state index in [4.69, 9.17) is 9.72 Å². The summed E-state index contributed by atoms with van der Waals surface area (Å²) in [6.07, 6.45) is 3.83. The highest BCUT2D eigenvalue weighted by Crippen LogP contribution is 2.52. The number of aromatic amines is 1. The van der Waals surface area contributed by atoms with E-state index in [1.165, 1.54) is 25.1 Å². The number of pyridine rings is 2. The largest absolute Gasteiger partial charge is 0.378 e. The lowest BCUT2D eigenvalue weighted by molar-refractivity contribution is 0.122. The summed E-state index contributed by atoms with van der Waals surface area (Å²) in [5.41, 5.74) is 5.88. The Bertz CT molecular complexity index is 1580. The second-order valence-electron chi connectivity index (χ2n) is 10.3. The summed E-state index contributed by atoms with van der Waals surface area (Å²) >= 11 is 3.56. The van der Waals surface area contributed by atoms with Crippen LogP contribution >= 0.6 is 23.5 Å². The molecule has 2 N–H and O–H groups in total. The Hall–Kier alpha value is -3.20. The van der Waals surface area contributed by atoms with Gasteiger partial charge in [-0.3, -0.25) is 9.78 Å². The third-order valence-corrected chi connectivity index (χ3v) is 10.4. The molecule has 2 aromatic carbocycles. The number of H-pyrrole nitrogens is 1. The van der Waals surface area contributed by atoms with Gasteiger partial charge in [0, 0.05) is 61.9 Å². The molecule has 1 saturated heterocycles. The quantitative estimate of drug-likeness (QED) is 0.212. The molecule has 0 amide bonds. The first kappa shape index (κ1) is 27.0. The van der Waals surface area contributed by atoms with E-state index >= 15 is 0 Å². The molecule has 0 bridgehead atoms. The first-order chi connectivity index (χ1) is 19.5.